The zero-order valence-electron chi connectivity index (χ0n) is 16.5. The maximum atomic E-state index is 12.5. The third-order valence-corrected chi connectivity index (χ3v) is 5.41. The quantitative estimate of drug-likeness (QED) is 0.638. The lowest BCUT2D eigenvalue weighted by molar-refractivity contribution is -0.00128. The molecule has 2 aliphatic heterocycles. The Hall–Kier alpha value is -3.32. The van der Waals surface area contributed by atoms with Crippen molar-refractivity contribution in [2.75, 3.05) is 13.3 Å². The number of carbonyl (C=O) groups is 1. The van der Waals surface area contributed by atoms with Gasteiger partial charge in [-0.3, -0.25) is 9.48 Å². The summed E-state index contributed by atoms with van der Waals surface area (Å²) in [5.41, 5.74) is 3.62. The minimum absolute atomic E-state index is 0.145. The van der Waals surface area contributed by atoms with Crippen LogP contribution in [0, 0.1) is 0 Å². The smallest absolute Gasteiger partial charge is 0.271 e. The number of hydrogen-bond donors (Lipinski definition) is 1. The Balaban J connectivity index is 1.18. The van der Waals surface area contributed by atoms with Crippen LogP contribution in [0.1, 0.15) is 39.8 Å². The third kappa shape index (κ3) is 3.89. The normalized spacial score (nSPS) is 16.9. The number of nitrogens with zero attached hydrogens (tertiary/aromatic N) is 2. The third-order valence-electron chi connectivity index (χ3n) is 5.41. The average molecular weight is 405 g/mol. The summed E-state index contributed by atoms with van der Waals surface area (Å²) in [6.07, 6.45) is 1.68. The standard InChI is InChI=1S/C23H23N3O4/c27-23(24-10-4-7-16-5-2-1-3-6-16)19-12-18-14-28-22(13-26(18)25-19)17-8-9-20-21(11-17)30-15-29-20/h1-3,5-6,8-9,11-12,22H,4,7,10,13-15H2,(H,24,27). The number of benzene rings is 2. The van der Waals surface area contributed by atoms with Crippen LogP contribution in [0.2, 0.25) is 0 Å². The van der Waals surface area contributed by atoms with Gasteiger partial charge in [0.1, 0.15) is 6.10 Å². The predicted octanol–water partition coefficient (Wildman–Crippen LogP) is 3.25. The van der Waals surface area contributed by atoms with Crippen LogP contribution < -0.4 is 14.8 Å². The van der Waals surface area contributed by atoms with Crippen LogP contribution in [-0.4, -0.2) is 29.0 Å². The van der Waals surface area contributed by atoms with Crippen molar-refractivity contribution < 1.29 is 19.0 Å². The summed E-state index contributed by atoms with van der Waals surface area (Å²) in [7, 11) is 0. The highest BCUT2D eigenvalue weighted by Crippen LogP contribution is 2.36. The van der Waals surface area contributed by atoms with E-state index >= 15 is 0 Å². The molecule has 1 amide bonds. The highest BCUT2D eigenvalue weighted by molar-refractivity contribution is 5.92. The molecule has 1 N–H and O–H groups in total. The van der Waals surface area contributed by atoms with E-state index in [1.807, 2.05) is 47.1 Å². The number of ether oxygens (including phenoxy) is 3. The van der Waals surface area contributed by atoms with Crippen molar-refractivity contribution in [3.63, 3.8) is 0 Å². The van der Waals surface area contributed by atoms with E-state index < -0.39 is 0 Å². The first-order valence-electron chi connectivity index (χ1n) is 10.2. The summed E-state index contributed by atoms with van der Waals surface area (Å²) >= 11 is 0. The first kappa shape index (κ1) is 18.7. The molecular formula is C23H23N3O4. The van der Waals surface area contributed by atoms with Crippen LogP contribution in [0.25, 0.3) is 0 Å². The van der Waals surface area contributed by atoms with Gasteiger partial charge in [-0.2, -0.15) is 5.10 Å². The van der Waals surface area contributed by atoms with Crippen LogP contribution in [-0.2, 0) is 24.3 Å². The van der Waals surface area contributed by atoms with Gasteiger partial charge in [-0.1, -0.05) is 36.4 Å². The van der Waals surface area contributed by atoms with Crippen LogP contribution in [0.3, 0.4) is 0 Å². The van der Waals surface area contributed by atoms with E-state index in [-0.39, 0.29) is 18.8 Å². The van der Waals surface area contributed by atoms with Crippen molar-refractivity contribution in [3.05, 3.63) is 77.1 Å². The molecule has 0 aliphatic carbocycles. The molecule has 0 radical (unpaired) electrons. The number of amides is 1. The van der Waals surface area contributed by atoms with E-state index in [9.17, 15) is 4.79 Å². The fourth-order valence-electron chi connectivity index (χ4n) is 3.78. The molecule has 0 saturated carbocycles. The van der Waals surface area contributed by atoms with Crippen LogP contribution >= 0.6 is 0 Å². The molecule has 1 atom stereocenters. The summed E-state index contributed by atoms with van der Waals surface area (Å²) in [6.45, 7) is 1.83. The molecule has 7 heteroatoms. The molecule has 3 aromatic rings. The molecule has 1 aromatic heterocycles. The second-order valence-corrected chi connectivity index (χ2v) is 7.46. The van der Waals surface area contributed by atoms with Crippen molar-refractivity contribution in [2.45, 2.75) is 32.1 Å². The lowest BCUT2D eigenvalue weighted by Gasteiger charge is -2.24. The molecule has 3 heterocycles. The predicted molar refractivity (Wildman–Crippen MR) is 109 cm³/mol. The Morgan fingerprint density at radius 2 is 1.97 bits per heavy atom. The minimum Gasteiger partial charge on any atom is -0.454 e. The maximum absolute atomic E-state index is 12.5. The molecular weight excluding hydrogens is 382 g/mol. The molecule has 2 aromatic carbocycles. The van der Waals surface area contributed by atoms with Crippen LogP contribution in [0.15, 0.2) is 54.6 Å². The van der Waals surface area contributed by atoms with Gasteiger partial charge in [-0.25, -0.2) is 0 Å². The number of aryl methyl sites for hydroxylation is 1. The van der Waals surface area contributed by atoms with E-state index in [1.54, 1.807) is 0 Å². The SMILES string of the molecule is O=C(NCCCc1ccccc1)c1cc2n(n1)CC(c1ccc3c(c1)OCO3)OC2. The lowest BCUT2D eigenvalue weighted by Crippen LogP contribution is -2.25. The number of rotatable bonds is 6. The Labute approximate surface area is 174 Å². The van der Waals surface area contributed by atoms with Crippen molar-refractivity contribution in [3.8, 4) is 11.5 Å². The van der Waals surface area contributed by atoms with Crippen molar-refractivity contribution in [2.24, 2.45) is 0 Å². The summed E-state index contributed by atoms with van der Waals surface area (Å²) < 4.78 is 18.7. The molecule has 2 aliphatic rings. The van der Waals surface area contributed by atoms with E-state index in [0.717, 1.165) is 35.6 Å². The van der Waals surface area contributed by atoms with E-state index in [0.29, 0.717) is 25.4 Å². The van der Waals surface area contributed by atoms with Gasteiger partial charge in [0.15, 0.2) is 17.2 Å². The molecule has 0 bridgehead atoms. The second kappa shape index (κ2) is 8.20. The number of hydrogen-bond acceptors (Lipinski definition) is 5. The molecule has 154 valence electrons. The number of aromatic nitrogens is 2. The molecule has 1 unspecified atom stereocenters. The van der Waals surface area contributed by atoms with Crippen LogP contribution in [0.5, 0.6) is 11.5 Å². The van der Waals surface area contributed by atoms with E-state index in [2.05, 4.69) is 22.5 Å². The summed E-state index contributed by atoms with van der Waals surface area (Å²) in [6, 6.07) is 17.9. The van der Waals surface area contributed by atoms with Gasteiger partial charge in [0, 0.05) is 6.54 Å². The van der Waals surface area contributed by atoms with Crippen molar-refractivity contribution >= 4 is 5.91 Å². The topological polar surface area (TPSA) is 74.6 Å². The highest BCUT2D eigenvalue weighted by atomic mass is 16.7. The maximum Gasteiger partial charge on any atom is 0.271 e. The summed E-state index contributed by atoms with van der Waals surface area (Å²) in [5.74, 6) is 1.34. The molecule has 30 heavy (non-hydrogen) atoms. The largest absolute Gasteiger partial charge is 0.454 e. The fourth-order valence-corrected chi connectivity index (χ4v) is 3.78. The zero-order chi connectivity index (χ0) is 20.3. The Kier molecular flexibility index (Phi) is 5.11. The van der Waals surface area contributed by atoms with Gasteiger partial charge in [-0.15, -0.1) is 0 Å². The van der Waals surface area contributed by atoms with Gasteiger partial charge in [0.25, 0.3) is 5.91 Å². The summed E-state index contributed by atoms with van der Waals surface area (Å²) in [5, 5.41) is 7.47. The number of carbonyl (C=O) groups excluding carboxylic acids is 1. The molecule has 7 nitrogen and oxygen atoms in total. The molecule has 0 saturated heterocycles. The van der Waals surface area contributed by atoms with Gasteiger partial charge in [0.2, 0.25) is 6.79 Å². The average Bonchev–Trinajstić information content (AvgIpc) is 3.43. The van der Waals surface area contributed by atoms with E-state index in [1.165, 1.54) is 5.56 Å². The summed E-state index contributed by atoms with van der Waals surface area (Å²) in [4.78, 5) is 12.5. The van der Waals surface area contributed by atoms with E-state index in [4.69, 9.17) is 14.2 Å². The minimum atomic E-state index is -0.149. The van der Waals surface area contributed by atoms with Crippen molar-refractivity contribution in [1.82, 2.24) is 15.1 Å². The molecule has 0 fully saturated rings. The van der Waals surface area contributed by atoms with Crippen LogP contribution in [0.4, 0.5) is 0 Å². The number of fused-ring (bicyclic) bond motifs is 2. The molecule has 0 spiro atoms. The highest BCUT2D eigenvalue weighted by Gasteiger charge is 2.25. The first-order chi connectivity index (χ1) is 14.8. The Bertz CT molecular complexity index is 1050. The first-order valence-corrected chi connectivity index (χ1v) is 10.2. The second-order valence-electron chi connectivity index (χ2n) is 7.46. The Morgan fingerprint density at radius 3 is 2.87 bits per heavy atom. The lowest BCUT2D eigenvalue weighted by atomic mass is 10.1. The van der Waals surface area contributed by atoms with Gasteiger partial charge >= 0.3 is 0 Å². The van der Waals surface area contributed by atoms with Gasteiger partial charge < -0.3 is 19.5 Å². The monoisotopic (exact) mass is 405 g/mol. The van der Waals surface area contributed by atoms with Crippen molar-refractivity contribution in [1.29, 1.82) is 0 Å². The Morgan fingerprint density at radius 1 is 1.10 bits per heavy atom. The van der Waals surface area contributed by atoms with Gasteiger partial charge in [0.05, 0.1) is 18.8 Å². The van der Waals surface area contributed by atoms with Gasteiger partial charge in [-0.05, 0) is 42.2 Å². The molecule has 5 rings (SSSR count). The zero-order valence-corrected chi connectivity index (χ0v) is 16.5. The number of nitrogens with one attached hydrogen (secondary N) is 1. The fraction of sp³-hybridized carbons (Fsp3) is 0.304.